The lowest BCUT2D eigenvalue weighted by Crippen LogP contribution is -2.48. The standard InChI is InChI=1S/C21H25N3O4/c1-3-28-21(26)22-17-8-6-7-16(15-17)20(25)24-13-11-23(12-14-24)18-9-4-5-10-19(18)27-2/h4-10,15H,3,11-14H2,1-2H3,(H,22,26). The van der Waals surface area contributed by atoms with Gasteiger partial charge in [-0.2, -0.15) is 0 Å². The fraction of sp³-hybridized carbons (Fsp3) is 0.333. The van der Waals surface area contributed by atoms with Crippen molar-refractivity contribution in [2.45, 2.75) is 6.92 Å². The van der Waals surface area contributed by atoms with Gasteiger partial charge in [-0.15, -0.1) is 0 Å². The average molecular weight is 383 g/mol. The minimum Gasteiger partial charge on any atom is -0.495 e. The van der Waals surface area contributed by atoms with Crippen LogP contribution < -0.4 is 15.0 Å². The topological polar surface area (TPSA) is 71.1 Å². The predicted molar refractivity (Wildman–Crippen MR) is 108 cm³/mol. The van der Waals surface area contributed by atoms with Gasteiger partial charge in [0.25, 0.3) is 5.91 Å². The molecule has 0 unspecified atom stereocenters. The minimum absolute atomic E-state index is 0.0489. The highest BCUT2D eigenvalue weighted by atomic mass is 16.5. The summed E-state index contributed by atoms with van der Waals surface area (Å²) in [5.74, 6) is 0.784. The number of hydrogen-bond donors (Lipinski definition) is 1. The van der Waals surface area contributed by atoms with Crippen LogP contribution in [0.3, 0.4) is 0 Å². The second-order valence-corrected chi connectivity index (χ2v) is 6.38. The molecular formula is C21H25N3O4. The molecule has 1 saturated heterocycles. The first-order chi connectivity index (χ1) is 13.6. The van der Waals surface area contributed by atoms with Gasteiger partial charge < -0.3 is 19.3 Å². The molecule has 1 aliphatic rings. The molecule has 1 aliphatic heterocycles. The SMILES string of the molecule is CCOC(=O)Nc1cccc(C(=O)N2CCN(c3ccccc3OC)CC2)c1. The lowest BCUT2D eigenvalue weighted by molar-refractivity contribution is 0.0746. The summed E-state index contributed by atoms with van der Waals surface area (Å²) in [7, 11) is 1.66. The largest absolute Gasteiger partial charge is 0.495 e. The monoisotopic (exact) mass is 383 g/mol. The summed E-state index contributed by atoms with van der Waals surface area (Å²) in [6.07, 6.45) is -0.530. The number of piperazine rings is 1. The molecular weight excluding hydrogens is 358 g/mol. The van der Waals surface area contributed by atoms with E-state index in [1.807, 2.05) is 29.2 Å². The zero-order chi connectivity index (χ0) is 19.9. The van der Waals surface area contributed by atoms with Gasteiger partial charge >= 0.3 is 6.09 Å². The number of anilines is 2. The summed E-state index contributed by atoms with van der Waals surface area (Å²) in [5.41, 5.74) is 2.12. The number of methoxy groups -OCH3 is 1. The third-order valence-electron chi connectivity index (χ3n) is 4.62. The maximum Gasteiger partial charge on any atom is 0.411 e. The maximum absolute atomic E-state index is 12.9. The number of rotatable bonds is 5. The van der Waals surface area contributed by atoms with E-state index >= 15 is 0 Å². The quantitative estimate of drug-likeness (QED) is 0.858. The molecule has 0 bridgehead atoms. The van der Waals surface area contributed by atoms with Gasteiger partial charge in [0.1, 0.15) is 5.75 Å². The van der Waals surface area contributed by atoms with Crippen molar-refractivity contribution in [3.05, 3.63) is 54.1 Å². The number of ether oxygens (including phenoxy) is 2. The van der Waals surface area contributed by atoms with Gasteiger partial charge in [0.05, 0.1) is 19.4 Å². The lowest BCUT2D eigenvalue weighted by atomic mass is 10.1. The highest BCUT2D eigenvalue weighted by Gasteiger charge is 2.24. The molecule has 1 heterocycles. The first-order valence-electron chi connectivity index (χ1n) is 9.33. The Balaban J connectivity index is 1.63. The molecule has 28 heavy (non-hydrogen) atoms. The van der Waals surface area contributed by atoms with Gasteiger partial charge in [0.2, 0.25) is 0 Å². The van der Waals surface area contributed by atoms with Crippen LogP contribution >= 0.6 is 0 Å². The molecule has 1 N–H and O–H groups in total. The van der Waals surface area contributed by atoms with Crippen LogP contribution in [0.4, 0.5) is 16.2 Å². The zero-order valence-electron chi connectivity index (χ0n) is 16.2. The van der Waals surface area contributed by atoms with Gasteiger partial charge in [0.15, 0.2) is 0 Å². The molecule has 3 rings (SSSR count). The van der Waals surface area contributed by atoms with Gasteiger partial charge in [-0.3, -0.25) is 10.1 Å². The van der Waals surface area contributed by atoms with Gasteiger partial charge in [0, 0.05) is 37.4 Å². The Hall–Kier alpha value is -3.22. The molecule has 0 aliphatic carbocycles. The second kappa shape index (κ2) is 9.12. The molecule has 2 aromatic rings. The van der Waals surface area contributed by atoms with Crippen LogP contribution in [0.15, 0.2) is 48.5 Å². The molecule has 0 aromatic heterocycles. The number of hydrogen-bond acceptors (Lipinski definition) is 5. The third kappa shape index (κ3) is 4.54. The Kier molecular flexibility index (Phi) is 6.37. The molecule has 2 aromatic carbocycles. The van der Waals surface area contributed by atoms with Crippen molar-refractivity contribution in [3.63, 3.8) is 0 Å². The van der Waals surface area contributed by atoms with E-state index in [4.69, 9.17) is 9.47 Å². The Morgan fingerprint density at radius 1 is 1.04 bits per heavy atom. The summed E-state index contributed by atoms with van der Waals surface area (Å²) in [6.45, 7) is 4.73. The van der Waals surface area contributed by atoms with Gasteiger partial charge in [-0.25, -0.2) is 4.79 Å². The van der Waals surface area contributed by atoms with Crippen LogP contribution in [-0.2, 0) is 4.74 Å². The van der Waals surface area contributed by atoms with E-state index in [9.17, 15) is 9.59 Å². The Morgan fingerprint density at radius 3 is 2.50 bits per heavy atom. The van der Waals surface area contributed by atoms with Gasteiger partial charge in [-0.05, 0) is 37.3 Å². The highest BCUT2D eigenvalue weighted by Crippen LogP contribution is 2.28. The fourth-order valence-corrected chi connectivity index (χ4v) is 3.24. The number of nitrogens with zero attached hydrogens (tertiary/aromatic N) is 2. The van der Waals surface area contributed by atoms with Gasteiger partial charge in [-0.1, -0.05) is 18.2 Å². The number of carbonyl (C=O) groups is 2. The smallest absolute Gasteiger partial charge is 0.411 e. The molecule has 7 heteroatoms. The normalized spacial score (nSPS) is 13.8. The molecule has 1 fully saturated rings. The summed E-state index contributed by atoms with van der Waals surface area (Å²) >= 11 is 0. The van der Waals surface area contributed by atoms with Crippen molar-refractivity contribution >= 4 is 23.4 Å². The van der Waals surface area contributed by atoms with E-state index in [2.05, 4.69) is 10.2 Å². The van der Waals surface area contributed by atoms with Crippen molar-refractivity contribution in [1.82, 2.24) is 4.90 Å². The number of amides is 2. The van der Waals surface area contributed by atoms with E-state index in [0.717, 1.165) is 24.5 Å². The second-order valence-electron chi connectivity index (χ2n) is 6.38. The summed E-state index contributed by atoms with van der Waals surface area (Å²) in [6, 6.07) is 14.8. The zero-order valence-corrected chi connectivity index (χ0v) is 16.2. The Labute approximate surface area is 164 Å². The van der Waals surface area contributed by atoms with Crippen LogP contribution in [0.2, 0.25) is 0 Å². The van der Waals surface area contributed by atoms with Crippen LogP contribution in [-0.4, -0.2) is 56.8 Å². The van der Waals surface area contributed by atoms with Crippen LogP contribution in [0.5, 0.6) is 5.75 Å². The lowest BCUT2D eigenvalue weighted by Gasteiger charge is -2.36. The minimum atomic E-state index is -0.530. The number of carbonyl (C=O) groups excluding carboxylic acids is 2. The first-order valence-corrected chi connectivity index (χ1v) is 9.33. The van der Waals surface area contributed by atoms with Crippen molar-refractivity contribution < 1.29 is 19.1 Å². The molecule has 2 amide bonds. The number of benzene rings is 2. The summed E-state index contributed by atoms with van der Waals surface area (Å²) in [4.78, 5) is 28.5. The number of para-hydroxylation sites is 2. The highest BCUT2D eigenvalue weighted by molar-refractivity contribution is 5.96. The predicted octanol–water partition coefficient (Wildman–Crippen LogP) is 3.23. The van der Waals surface area contributed by atoms with Crippen LogP contribution in [0.25, 0.3) is 0 Å². The van der Waals surface area contributed by atoms with E-state index in [1.165, 1.54) is 0 Å². The fourth-order valence-electron chi connectivity index (χ4n) is 3.24. The maximum atomic E-state index is 12.9. The van der Waals surface area contributed by atoms with E-state index in [1.54, 1.807) is 38.3 Å². The van der Waals surface area contributed by atoms with Crippen molar-refractivity contribution in [2.75, 3.05) is 50.1 Å². The Bertz CT molecular complexity index is 832. The molecule has 148 valence electrons. The van der Waals surface area contributed by atoms with Crippen molar-refractivity contribution in [3.8, 4) is 5.75 Å². The molecule has 0 radical (unpaired) electrons. The van der Waals surface area contributed by atoms with E-state index < -0.39 is 6.09 Å². The first kappa shape index (κ1) is 19.5. The molecule has 0 saturated carbocycles. The van der Waals surface area contributed by atoms with Crippen molar-refractivity contribution in [1.29, 1.82) is 0 Å². The third-order valence-corrected chi connectivity index (χ3v) is 4.62. The van der Waals surface area contributed by atoms with Crippen LogP contribution in [0, 0.1) is 0 Å². The molecule has 7 nitrogen and oxygen atoms in total. The Morgan fingerprint density at radius 2 is 1.79 bits per heavy atom. The summed E-state index contributed by atoms with van der Waals surface area (Å²) < 4.78 is 10.3. The molecule has 0 spiro atoms. The van der Waals surface area contributed by atoms with Crippen molar-refractivity contribution in [2.24, 2.45) is 0 Å². The average Bonchev–Trinajstić information content (AvgIpc) is 2.73. The number of nitrogens with one attached hydrogen (secondary N) is 1. The summed E-state index contributed by atoms with van der Waals surface area (Å²) in [5, 5.41) is 2.63. The van der Waals surface area contributed by atoms with E-state index in [0.29, 0.717) is 30.9 Å². The molecule has 0 atom stereocenters. The van der Waals surface area contributed by atoms with Crippen LogP contribution in [0.1, 0.15) is 17.3 Å². The van der Waals surface area contributed by atoms with E-state index in [-0.39, 0.29) is 5.91 Å².